The van der Waals surface area contributed by atoms with Crippen molar-refractivity contribution in [2.45, 2.75) is 73.2 Å². The minimum absolute atomic E-state index is 0.0518. The number of hydrogen-bond acceptors (Lipinski definition) is 6. The maximum atomic E-state index is 13.5. The summed E-state index contributed by atoms with van der Waals surface area (Å²) in [5, 5.41) is 12.2. The number of aliphatic hydroxyl groups excluding tert-OH is 1. The lowest BCUT2D eigenvalue weighted by Gasteiger charge is -2.35. The molecule has 7 nitrogen and oxygen atoms in total. The molecule has 0 radical (unpaired) electrons. The number of rotatable bonds is 11. The van der Waals surface area contributed by atoms with Gasteiger partial charge in [-0.25, -0.2) is 0 Å². The van der Waals surface area contributed by atoms with Crippen LogP contribution in [-0.4, -0.2) is 75.0 Å². The van der Waals surface area contributed by atoms with E-state index >= 15 is 0 Å². The van der Waals surface area contributed by atoms with E-state index in [-0.39, 0.29) is 41.1 Å². The third kappa shape index (κ3) is 4.13. The molecule has 0 saturated carbocycles. The topological polar surface area (TPSA) is 95.9 Å². The van der Waals surface area contributed by atoms with Gasteiger partial charge in [-0.3, -0.25) is 14.4 Å². The zero-order valence-corrected chi connectivity index (χ0v) is 20.2. The van der Waals surface area contributed by atoms with Crippen LogP contribution >= 0.6 is 27.7 Å². The molecule has 1 spiro atoms. The Morgan fingerprint density at radius 1 is 1.30 bits per heavy atom. The van der Waals surface area contributed by atoms with Crippen LogP contribution in [0.2, 0.25) is 0 Å². The van der Waals surface area contributed by atoms with E-state index in [4.69, 9.17) is 9.84 Å². The molecule has 0 aromatic heterocycles. The van der Waals surface area contributed by atoms with Gasteiger partial charge in [0, 0.05) is 29.8 Å². The highest BCUT2D eigenvalue weighted by Gasteiger charge is 2.75. The van der Waals surface area contributed by atoms with E-state index in [2.05, 4.69) is 28.2 Å². The number of hydrogen-bond donors (Lipinski definition) is 2. The van der Waals surface area contributed by atoms with Crippen molar-refractivity contribution in [3.8, 4) is 0 Å². The van der Waals surface area contributed by atoms with Crippen molar-refractivity contribution in [3.05, 3.63) is 0 Å². The molecule has 0 aromatic rings. The minimum Gasteiger partial charge on any atom is -0.466 e. The van der Waals surface area contributed by atoms with Gasteiger partial charge < -0.3 is 20.1 Å². The Hall–Kier alpha value is -0.800. The summed E-state index contributed by atoms with van der Waals surface area (Å²) in [6, 6.07) is -0.593. The SMILES string of the molecule is CCCCCNC(=O)C1N(CCCCO)C(=O)[C@@H]2[C@@H](C(=O)OCC)[C@@H]3SC12CC3Br. The summed E-state index contributed by atoms with van der Waals surface area (Å²) < 4.78 is 4.71. The molecular weight excluding hydrogens is 472 g/mol. The molecule has 3 aliphatic heterocycles. The molecule has 2 N–H and O–H groups in total. The quantitative estimate of drug-likeness (QED) is 0.254. The number of halogens is 1. The third-order valence-electron chi connectivity index (χ3n) is 6.48. The summed E-state index contributed by atoms with van der Waals surface area (Å²) in [6.45, 7) is 5.22. The number of aliphatic hydroxyl groups is 1. The number of nitrogens with one attached hydrogen (secondary N) is 1. The summed E-state index contributed by atoms with van der Waals surface area (Å²) in [6.07, 6.45) is 4.90. The van der Waals surface area contributed by atoms with Gasteiger partial charge in [-0.2, -0.15) is 0 Å². The maximum Gasteiger partial charge on any atom is 0.310 e. The van der Waals surface area contributed by atoms with Crippen LogP contribution < -0.4 is 5.32 Å². The second-order valence-electron chi connectivity index (χ2n) is 8.38. The largest absolute Gasteiger partial charge is 0.466 e. The van der Waals surface area contributed by atoms with E-state index in [1.807, 2.05) is 0 Å². The van der Waals surface area contributed by atoms with Crippen molar-refractivity contribution in [1.29, 1.82) is 0 Å². The predicted octanol–water partition coefficient (Wildman–Crippen LogP) is 2.09. The zero-order chi connectivity index (χ0) is 21.9. The van der Waals surface area contributed by atoms with Crippen molar-refractivity contribution in [2.75, 3.05) is 26.3 Å². The maximum absolute atomic E-state index is 13.5. The molecule has 3 fully saturated rings. The van der Waals surface area contributed by atoms with Gasteiger partial charge in [0.15, 0.2) is 0 Å². The second kappa shape index (κ2) is 10.2. The van der Waals surface area contributed by atoms with Crippen LogP contribution in [0.4, 0.5) is 0 Å². The fourth-order valence-corrected chi connectivity index (χ4v) is 8.86. The molecule has 0 aromatic carbocycles. The van der Waals surface area contributed by atoms with Crippen LogP contribution in [0.1, 0.15) is 52.4 Å². The highest BCUT2D eigenvalue weighted by Crippen LogP contribution is 2.67. The highest BCUT2D eigenvalue weighted by molar-refractivity contribution is 9.09. The second-order valence-corrected chi connectivity index (χ2v) is 11.1. The fraction of sp³-hybridized carbons (Fsp3) is 0.857. The highest BCUT2D eigenvalue weighted by atomic mass is 79.9. The summed E-state index contributed by atoms with van der Waals surface area (Å²) in [5.74, 6) is -1.63. The number of amides is 2. The lowest BCUT2D eigenvalue weighted by molar-refractivity contribution is -0.153. The number of carbonyl (C=O) groups excluding carboxylic acids is 3. The van der Waals surface area contributed by atoms with Crippen LogP contribution in [0.25, 0.3) is 0 Å². The van der Waals surface area contributed by atoms with Crippen molar-refractivity contribution in [2.24, 2.45) is 11.8 Å². The van der Waals surface area contributed by atoms with Crippen molar-refractivity contribution < 1.29 is 24.2 Å². The number of ether oxygens (including phenoxy) is 1. The lowest BCUT2D eigenvalue weighted by atomic mass is 9.71. The number of esters is 1. The molecule has 3 unspecified atom stereocenters. The van der Waals surface area contributed by atoms with Gasteiger partial charge in [0.1, 0.15) is 6.04 Å². The Labute approximate surface area is 191 Å². The van der Waals surface area contributed by atoms with Gasteiger partial charge in [0.25, 0.3) is 0 Å². The van der Waals surface area contributed by atoms with Gasteiger partial charge in [0.05, 0.1) is 23.2 Å². The predicted molar refractivity (Wildman–Crippen MR) is 119 cm³/mol. The fourth-order valence-electron chi connectivity index (χ4n) is 5.26. The van der Waals surface area contributed by atoms with Gasteiger partial charge in [-0.05, 0) is 32.6 Å². The van der Waals surface area contributed by atoms with Gasteiger partial charge in [0.2, 0.25) is 11.8 Å². The normalized spacial score (nSPS) is 34.3. The number of nitrogens with zero attached hydrogens (tertiary/aromatic N) is 1. The molecule has 2 bridgehead atoms. The number of thioether (sulfide) groups is 1. The number of unbranched alkanes of at least 4 members (excludes halogenated alkanes) is 3. The molecule has 3 aliphatic rings. The first-order chi connectivity index (χ1) is 14.4. The molecule has 6 atom stereocenters. The Kier molecular flexibility index (Phi) is 8.12. The average molecular weight is 505 g/mol. The molecule has 170 valence electrons. The molecule has 2 amide bonds. The van der Waals surface area contributed by atoms with E-state index in [1.165, 1.54) is 0 Å². The van der Waals surface area contributed by atoms with Crippen molar-refractivity contribution in [1.82, 2.24) is 10.2 Å². The minimum atomic E-state index is -0.610. The van der Waals surface area contributed by atoms with E-state index < -0.39 is 22.6 Å². The Balaban J connectivity index is 1.89. The Morgan fingerprint density at radius 3 is 2.73 bits per heavy atom. The molecule has 9 heteroatoms. The third-order valence-corrected chi connectivity index (χ3v) is 9.70. The van der Waals surface area contributed by atoms with Crippen LogP contribution in [0, 0.1) is 11.8 Å². The van der Waals surface area contributed by atoms with Crippen LogP contribution in [0.5, 0.6) is 0 Å². The average Bonchev–Trinajstić information content (AvgIpc) is 3.29. The van der Waals surface area contributed by atoms with Gasteiger partial charge in [-0.15, -0.1) is 11.8 Å². The summed E-state index contributed by atoms with van der Waals surface area (Å²) in [4.78, 5) is 41.4. The van der Waals surface area contributed by atoms with Gasteiger partial charge >= 0.3 is 5.97 Å². The van der Waals surface area contributed by atoms with E-state index in [0.717, 1.165) is 19.3 Å². The first-order valence-corrected chi connectivity index (χ1v) is 12.9. The standard InChI is InChI=1S/C21H33BrN2O5S/c1-3-5-6-9-23-18(26)17-21-12-13(22)16(30-21)14(20(28)29-4-2)15(21)19(27)24(17)10-7-8-11-25/h13-17,25H,3-12H2,1-2H3,(H,23,26)/t13?,14-,15+,16-,17?,21?/m1/s1. The van der Waals surface area contributed by atoms with Gasteiger partial charge in [-0.1, -0.05) is 35.7 Å². The number of fused-ring (bicyclic) bond motifs is 1. The first kappa shape index (κ1) is 23.9. The van der Waals surface area contributed by atoms with Crippen LogP contribution in [0.3, 0.4) is 0 Å². The summed E-state index contributed by atoms with van der Waals surface area (Å²) in [5.41, 5.74) is 0. The number of alkyl halides is 1. The molecule has 3 heterocycles. The van der Waals surface area contributed by atoms with Crippen LogP contribution in [-0.2, 0) is 19.1 Å². The first-order valence-electron chi connectivity index (χ1n) is 11.1. The molecule has 3 rings (SSSR count). The molecular formula is C21H33BrN2O5S. The van der Waals surface area contributed by atoms with Crippen LogP contribution in [0.15, 0.2) is 0 Å². The Morgan fingerprint density at radius 2 is 2.07 bits per heavy atom. The van der Waals surface area contributed by atoms with E-state index in [9.17, 15) is 14.4 Å². The van der Waals surface area contributed by atoms with Crippen molar-refractivity contribution >= 4 is 45.5 Å². The number of carbonyl (C=O) groups is 3. The molecule has 30 heavy (non-hydrogen) atoms. The summed E-state index contributed by atoms with van der Waals surface area (Å²) >= 11 is 5.34. The summed E-state index contributed by atoms with van der Waals surface area (Å²) in [7, 11) is 0. The van der Waals surface area contributed by atoms with E-state index in [0.29, 0.717) is 32.4 Å². The lowest BCUT2D eigenvalue weighted by Crippen LogP contribution is -2.54. The smallest absolute Gasteiger partial charge is 0.310 e. The van der Waals surface area contributed by atoms with E-state index in [1.54, 1.807) is 23.6 Å². The number of likely N-dealkylation sites (tertiary alicyclic amines) is 1. The molecule has 0 aliphatic carbocycles. The zero-order valence-electron chi connectivity index (χ0n) is 17.8. The Bertz CT molecular complexity index is 665. The van der Waals surface area contributed by atoms with Crippen molar-refractivity contribution in [3.63, 3.8) is 0 Å². The monoisotopic (exact) mass is 504 g/mol. The molecule has 3 saturated heterocycles.